The van der Waals surface area contributed by atoms with E-state index in [2.05, 4.69) is 20.6 Å². The van der Waals surface area contributed by atoms with Gasteiger partial charge in [-0.25, -0.2) is 4.39 Å². The van der Waals surface area contributed by atoms with Crippen LogP contribution >= 0.6 is 0 Å². The van der Waals surface area contributed by atoms with Crippen LogP contribution in [0.1, 0.15) is 18.4 Å². The number of anilines is 1. The first kappa shape index (κ1) is 15.9. The summed E-state index contributed by atoms with van der Waals surface area (Å²) in [7, 11) is 1.74. The molecule has 1 aliphatic carbocycles. The molecule has 0 atom stereocenters. The first-order valence-electron chi connectivity index (χ1n) is 7.44. The van der Waals surface area contributed by atoms with Gasteiger partial charge in [-0.3, -0.25) is 9.48 Å². The van der Waals surface area contributed by atoms with Crippen molar-refractivity contribution in [2.45, 2.75) is 18.3 Å². The van der Waals surface area contributed by atoms with Crippen molar-refractivity contribution in [3.8, 4) is 0 Å². The predicted molar refractivity (Wildman–Crippen MR) is 87.7 cm³/mol. The molecule has 0 radical (unpaired) electrons. The number of rotatable bonds is 5. The van der Waals surface area contributed by atoms with Gasteiger partial charge in [-0.2, -0.15) is 4.99 Å². The monoisotopic (exact) mass is 328 g/mol. The molecule has 8 heteroatoms. The molecule has 1 amide bonds. The molecule has 1 aromatic heterocycles. The summed E-state index contributed by atoms with van der Waals surface area (Å²) in [6.45, 7) is 0. The van der Waals surface area contributed by atoms with Gasteiger partial charge in [0.05, 0.1) is 11.6 Å². The Hall–Kier alpha value is -3.03. The minimum atomic E-state index is -0.873. The summed E-state index contributed by atoms with van der Waals surface area (Å²) in [6, 6.07) is 6.28. The van der Waals surface area contributed by atoms with E-state index in [9.17, 15) is 9.18 Å². The summed E-state index contributed by atoms with van der Waals surface area (Å²) >= 11 is 0. The topological polar surface area (TPSA) is 98.2 Å². The van der Waals surface area contributed by atoms with E-state index in [-0.39, 0.29) is 5.84 Å². The van der Waals surface area contributed by atoms with Crippen LogP contribution in [-0.4, -0.2) is 26.7 Å². The van der Waals surface area contributed by atoms with E-state index < -0.39 is 17.1 Å². The molecule has 124 valence electrons. The van der Waals surface area contributed by atoms with Crippen molar-refractivity contribution >= 4 is 17.6 Å². The maximum absolute atomic E-state index is 13.9. The van der Waals surface area contributed by atoms with E-state index in [0.29, 0.717) is 24.2 Å². The van der Waals surface area contributed by atoms with Crippen LogP contribution in [0.25, 0.3) is 0 Å². The molecule has 0 saturated heterocycles. The lowest BCUT2D eigenvalue weighted by atomic mass is 9.94. The SMILES string of the molecule is Cn1cc(N/C=C\C(N)=NC(=O)C2(c3ccccc3F)CC2)nn1. The third kappa shape index (κ3) is 3.17. The molecular weight excluding hydrogens is 311 g/mol. The third-order valence-electron chi connectivity index (χ3n) is 3.87. The lowest BCUT2D eigenvalue weighted by molar-refractivity contribution is -0.120. The number of aliphatic imine (C=N–C) groups is 1. The Morgan fingerprint density at radius 2 is 2.21 bits per heavy atom. The zero-order valence-corrected chi connectivity index (χ0v) is 13.1. The van der Waals surface area contributed by atoms with Crippen LogP contribution in [0.3, 0.4) is 0 Å². The summed E-state index contributed by atoms with van der Waals surface area (Å²) in [4.78, 5) is 16.3. The first-order valence-corrected chi connectivity index (χ1v) is 7.44. The highest BCUT2D eigenvalue weighted by Crippen LogP contribution is 2.50. The summed E-state index contributed by atoms with van der Waals surface area (Å²) < 4.78 is 15.5. The zero-order chi connectivity index (χ0) is 17.2. The number of amides is 1. The molecule has 1 heterocycles. The van der Waals surface area contributed by atoms with E-state index in [1.165, 1.54) is 18.3 Å². The Morgan fingerprint density at radius 3 is 2.83 bits per heavy atom. The zero-order valence-electron chi connectivity index (χ0n) is 13.1. The van der Waals surface area contributed by atoms with Gasteiger partial charge in [0.25, 0.3) is 5.91 Å². The number of amidine groups is 1. The van der Waals surface area contributed by atoms with Gasteiger partial charge >= 0.3 is 0 Å². The van der Waals surface area contributed by atoms with Gasteiger partial charge in [0.15, 0.2) is 5.82 Å². The molecule has 3 rings (SSSR count). The predicted octanol–water partition coefficient (Wildman–Crippen LogP) is 1.50. The van der Waals surface area contributed by atoms with Crippen LogP contribution in [0.5, 0.6) is 0 Å². The number of carbonyl (C=O) groups is 1. The number of nitrogens with two attached hydrogens (primary N) is 1. The summed E-state index contributed by atoms with van der Waals surface area (Å²) in [5, 5.41) is 10.5. The van der Waals surface area contributed by atoms with Crippen LogP contribution < -0.4 is 11.1 Å². The fraction of sp³-hybridized carbons (Fsp3) is 0.250. The highest BCUT2D eigenvalue weighted by molar-refractivity contribution is 6.04. The van der Waals surface area contributed by atoms with E-state index in [1.807, 2.05) is 0 Å². The van der Waals surface area contributed by atoms with Crippen molar-refractivity contribution in [2.75, 3.05) is 5.32 Å². The molecule has 1 aliphatic rings. The number of carbonyl (C=O) groups excluding carboxylic acids is 1. The first-order chi connectivity index (χ1) is 11.5. The van der Waals surface area contributed by atoms with Crippen molar-refractivity contribution in [1.29, 1.82) is 0 Å². The summed E-state index contributed by atoms with van der Waals surface area (Å²) in [5.41, 5.74) is 5.26. The summed E-state index contributed by atoms with van der Waals surface area (Å²) in [5.74, 6) is -0.233. The number of aryl methyl sites for hydroxylation is 1. The molecule has 1 aromatic carbocycles. The number of aromatic nitrogens is 3. The number of nitrogens with one attached hydrogen (secondary N) is 1. The normalized spacial score (nSPS) is 16.3. The number of halogens is 1. The Labute approximate surface area is 138 Å². The largest absolute Gasteiger partial charge is 0.384 e. The van der Waals surface area contributed by atoms with Crippen molar-refractivity contribution in [1.82, 2.24) is 15.0 Å². The Balaban J connectivity index is 1.69. The average molecular weight is 328 g/mol. The molecule has 1 saturated carbocycles. The average Bonchev–Trinajstić information content (AvgIpc) is 3.25. The standard InChI is InChI=1S/C16H17FN6O/c1-23-10-14(21-22-23)19-9-6-13(18)20-15(24)16(7-8-16)11-4-2-3-5-12(11)17/h2-6,9-10,19H,7-8H2,1H3,(H2,18,20,24)/b9-6-. The molecule has 24 heavy (non-hydrogen) atoms. The fourth-order valence-electron chi connectivity index (χ4n) is 2.46. The highest BCUT2D eigenvalue weighted by Gasteiger charge is 2.52. The van der Waals surface area contributed by atoms with Gasteiger partial charge in [-0.05, 0) is 25.0 Å². The number of hydrogen-bond donors (Lipinski definition) is 2. The van der Waals surface area contributed by atoms with Gasteiger partial charge in [0.1, 0.15) is 11.7 Å². The molecule has 7 nitrogen and oxygen atoms in total. The van der Waals surface area contributed by atoms with Crippen LogP contribution in [-0.2, 0) is 17.3 Å². The van der Waals surface area contributed by atoms with Crippen molar-refractivity contribution in [2.24, 2.45) is 17.8 Å². The van der Waals surface area contributed by atoms with Crippen LogP contribution in [0.2, 0.25) is 0 Å². The number of benzene rings is 1. The molecule has 0 aliphatic heterocycles. The third-order valence-corrected chi connectivity index (χ3v) is 3.87. The highest BCUT2D eigenvalue weighted by atomic mass is 19.1. The van der Waals surface area contributed by atoms with Gasteiger partial charge < -0.3 is 11.1 Å². The Morgan fingerprint density at radius 1 is 1.46 bits per heavy atom. The van der Waals surface area contributed by atoms with Crippen molar-refractivity contribution < 1.29 is 9.18 Å². The molecule has 1 fully saturated rings. The van der Waals surface area contributed by atoms with E-state index >= 15 is 0 Å². The minimum absolute atomic E-state index is 0.0407. The van der Waals surface area contributed by atoms with Crippen molar-refractivity contribution in [3.63, 3.8) is 0 Å². The molecular formula is C16H17FN6O. The molecule has 0 unspecified atom stereocenters. The minimum Gasteiger partial charge on any atom is -0.384 e. The van der Waals surface area contributed by atoms with Gasteiger partial charge in [-0.1, -0.05) is 23.4 Å². The number of nitrogens with zero attached hydrogens (tertiary/aromatic N) is 4. The van der Waals surface area contributed by atoms with Crippen molar-refractivity contribution in [3.05, 3.63) is 54.1 Å². The van der Waals surface area contributed by atoms with Crippen LogP contribution in [0, 0.1) is 5.82 Å². The van der Waals surface area contributed by atoms with Gasteiger partial charge in [-0.15, -0.1) is 5.10 Å². The van der Waals surface area contributed by atoms with Gasteiger partial charge in [0, 0.05) is 18.8 Å². The molecule has 3 N–H and O–H groups in total. The van der Waals surface area contributed by atoms with Crippen LogP contribution in [0.4, 0.5) is 10.2 Å². The summed E-state index contributed by atoms with van der Waals surface area (Å²) in [6.07, 6.45) is 5.79. The molecule has 0 bridgehead atoms. The molecule has 2 aromatic rings. The molecule has 0 spiro atoms. The quantitative estimate of drug-likeness (QED) is 0.640. The second-order valence-electron chi connectivity index (χ2n) is 5.66. The van der Waals surface area contributed by atoms with E-state index in [0.717, 1.165) is 0 Å². The lowest BCUT2D eigenvalue weighted by Gasteiger charge is -2.12. The fourth-order valence-corrected chi connectivity index (χ4v) is 2.46. The maximum Gasteiger partial charge on any atom is 0.258 e. The second kappa shape index (κ2) is 6.23. The smallest absolute Gasteiger partial charge is 0.258 e. The van der Waals surface area contributed by atoms with E-state index in [1.54, 1.807) is 36.1 Å². The number of hydrogen-bond acceptors (Lipinski definition) is 4. The van der Waals surface area contributed by atoms with Gasteiger partial charge in [0.2, 0.25) is 0 Å². The van der Waals surface area contributed by atoms with Crippen LogP contribution in [0.15, 0.2) is 47.7 Å². The Bertz CT molecular complexity index is 821. The second-order valence-corrected chi connectivity index (χ2v) is 5.66. The lowest BCUT2D eigenvalue weighted by Crippen LogP contribution is -2.23. The maximum atomic E-state index is 13.9. The Kier molecular flexibility index (Phi) is 4.11. The van der Waals surface area contributed by atoms with E-state index in [4.69, 9.17) is 5.73 Å².